The monoisotopic (exact) mass is 637 g/mol. The first-order chi connectivity index (χ1) is 17.6. The lowest BCUT2D eigenvalue weighted by atomic mass is 10.2. The number of aromatic amines is 1. The van der Waals surface area contributed by atoms with Gasteiger partial charge in [-0.2, -0.15) is 5.10 Å². The van der Waals surface area contributed by atoms with Gasteiger partial charge in [-0.1, -0.05) is 31.9 Å². The first-order valence-electron chi connectivity index (χ1n) is 10.5. The lowest BCUT2D eigenvalue weighted by molar-refractivity contribution is 0.414. The molecule has 0 atom stereocenters. The number of anilines is 1. The predicted octanol–water partition coefficient (Wildman–Crippen LogP) is 8.81. The van der Waals surface area contributed by atoms with Gasteiger partial charge in [0, 0.05) is 32.2 Å². The van der Waals surface area contributed by atoms with Gasteiger partial charge in [-0.15, -0.1) is 0 Å². The molecule has 0 bridgehead atoms. The number of ether oxygens (including phenoxy) is 2. The second-order valence-electron chi connectivity index (χ2n) is 7.73. The molecule has 1 aromatic heterocycles. The molecular formula is C26H17Br2F4N3O2. The molecule has 0 aliphatic carbocycles. The standard InChI is InChI=1S/C13H7BrF2N2O.C13H10BrF2NO/c14-8-1-2-12(9(15)4-8)19-13-3-7-6-17-18-11(7)5-10(13)16;1-7-4-13(10(16)6-11(7)17)18-12-3-2-8(14)5-9(12)15/h1-6H,(H,17,18);2-6H,17H2,1H3. The van der Waals surface area contributed by atoms with Gasteiger partial charge in [0.15, 0.2) is 46.3 Å². The zero-order valence-electron chi connectivity index (χ0n) is 19.0. The first kappa shape index (κ1) is 26.5. The molecule has 0 unspecified atom stereocenters. The second kappa shape index (κ2) is 11.2. The van der Waals surface area contributed by atoms with E-state index in [1.807, 2.05) is 0 Å². The van der Waals surface area contributed by atoms with Gasteiger partial charge >= 0.3 is 0 Å². The zero-order chi connectivity index (χ0) is 26.7. The Hall–Kier alpha value is -3.57. The summed E-state index contributed by atoms with van der Waals surface area (Å²) in [5, 5.41) is 7.13. The Labute approximate surface area is 225 Å². The molecule has 3 N–H and O–H groups in total. The van der Waals surface area contributed by atoms with Crippen molar-refractivity contribution in [1.29, 1.82) is 0 Å². The zero-order valence-corrected chi connectivity index (χ0v) is 22.1. The number of hydrogen-bond acceptors (Lipinski definition) is 4. The highest BCUT2D eigenvalue weighted by Crippen LogP contribution is 2.32. The molecule has 37 heavy (non-hydrogen) atoms. The molecule has 5 rings (SSSR count). The Bertz CT molecular complexity index is 1590. The van der Waals surface area contributed by atoms with Gasteiger partial charge in [-0.05, 0) is 61.0 Å². The van der Waals surface area contributed by atoms with Gasteiger partial charge in [-0.25, -0.2) is 17.6 Å². The number of nitrogens with one attached hydrogen (secondary N) is 1. The fourth-order valence-electron chi connectivity index (χ4n) is 3.12. The van der Waals surface area contributed by atoms with Crippen molar-refractivity contribution in [3.63, 3.8) is 0 Å². The molecule has 5 aromatic rings. The molecule has 0 amide bonds. The Morgan fingerprint density at radius 1 is 0.703 bits per heavy atom. The number of rotatable bonds is 4. The molecule has 4 aromatic carbocycles. The van der Waals surface area contributed by atoms with Crippen molar-refractivity contribution in [2.75, 3.05) is 5.73 Å². The molecule has 190 valence electrons. The van der Waals surface area contributed by atoms with Crippen molar-refractivity contribution in [2.24, 2.45) is 0 Å². The van der Waals surface area contributed by atoms with E-state index in [1.165, 1.54) is 42.5 Å². The molecule has 0 saturated carbocycles. The summed E-state index contributed by atoms with van der Waals surface area (Å²) >= 11 is 6.27. The van der Waals surface area contributed by atoms with Crippen molar-refractivity contribution in [3.05, 3.63) is 105 Å². The van der Waals surface area contributed by atoms with Gasteiger partial charge in [0.2, 0.25) is 0 Å². The van der Waals surface area contributed by atoms with E-state index in [9.17, 15) is 17.6 Å². The number of H-pyrrole nitrogens is 1. The van der Waals surface area contributed by atoms with Crippen LogP contribution in [0.25, 0.3) is 10.9 Å². The quantitative estimate of drug-likeness (QED) is 0.152. The highest BCUT2D eigenvalue weighted by molar-refractivity contribution is 9.10. The summed E-state index contributed by atoms with van der Waals surface area (Å²) < 4.78 is 66.2. The number of nitrogens with zero attached hydrogens (tertiary/aromatic N) is 1. The Kier molecular flexibility index (Phi) is 8.03. The SMILES string of the molecule is Cc1cc(Oc2ccc(Br)cc2F)c(F)cc1N.Fc1cc(Br)ccc1Oc1cc2cn[nH]c2cc1F. The molecule has 0 saturated heterocycles. The van der Waals surface area contributed by atoms with Crippen LogP contribution in [0.4, 0.5) is 23.2 Å². The summed E-state index contributed by atoms with van der Waals surface area (Å²) in [6, 6.07) is 13.9. The van der Waals surface area contributed by atoms with Crippen LogP contribution in [-0.4, -0.2) is 10.2 Å². The number of hydrogen-bond donors (Lipinski definition) is 2. The number of aryl methyl sites for hydroxylation is 1. The van der Waals surface area contributed by atoms with Gasteiger partial charge in [-0.3, -0.25) is 5.10 Å². The molecule has 1 heterocycles. The maximum atomic E-state index is 13.8. The van der Waals surface area contributed by atoms with Crippen molar-refractivity contribution < 1.29 is 27.0 Å². The van der Waals surface area contributed by atoms with Crippen LogP contribution in [0.3, 0.4) is 0 Å². The largest absolute Gasteiger partial charge is 0.451 e. The maximum absolute atomic E-state index is 13.8. The molecule has 11 heteroatoms. The molecular weight excluding hydrogens is 622 g/mol. The molecule has 0 fully saturated rings. The van der Waals surface area contributed by atoms with Crippen molar-refractivity contribution >= 4 is 48.5 Å². The second-order valence-corrected chi connectivity index (χ2v) is 9.56. The van der Waals surface area contributed by atoms with E-state index in [-0.39, 0.29) is 23.0 Å². The number of nitrogens with two attached hydrogens (primary N) is 1. The van der Waals surface area contributed by atoms with Gasteiger partial charge in [0.05, 0.1) is 11.7 Å². The van der Waals surface area contributed by atoms with Crippen LogP contribution in [0, 0.1) is 30.2 Å². The average molecular weight is 639 g/mol. The van der Waals surface area contributed by atoms with E-state index >= 15 is 0 Å². The van der Waals surface area contributed by atoms with Crippen molar-refractivity contribution in [2.45, 2.75) is 6.92 Å². The minimum Gasteiger partial charge on any atom is -0.451 e. The van der Waals surface area contributed by atoms with Crippen LogP contribution in [0.1, 0.15) is 5.56 Å². The lowest BCUT2D eigenvalue weighted by Gasteiger charge is -2.10. The van der Waals surface area contributed by atoms with Crippen LogP contribution in [0.5, 0.6) is 23.0 Å². The van der Waals surface area contributed by atoms with Crippen molar-refractivity contribution in [3.8, 4) is 23.0 Å². The summed E-state index contributed by atoms with van der Waals surface area (Å²) in [6.07, 6.45) is 1.54. The topological polar surface area (TPSA) is 73.2 Å². The summed E-state index contributed by atoms with van der Waals surface area (Å²) in [4.78, 5) is 0. The molecule has 0 aliphatic heterocycles. The summed E-state index contributed by atoms with van der Waals surface area (Å²) in [5.74, 6) is -2.52. The van der Waals surface area contributed by atoms with E-state index < -0.39 is 23.3 Å². The van der Waals surface area contributed by atoms with Crippen LogP contribution < -0.4 is 15.2 Å². The normalized spacial score (nSPS) is 10.7. The van der Waals surface area contributed by atoms with E-state index in [4.69, 9.17) is 15.2 Å². The summed E-state index contributed by atoms with van der Waals surface area (Å²) in [5.41, 5.74) is 7.11. The van der Waals surface area contributed by atoms with Crippen LogP contribution in [-0.2, 0) is 0 Å². The lowest BCUT2D eigenvalue weighted by Crippen LogP contribution is -1.96. The number of benzene rings is 4. The predicted molar refractivity (Wildman–Crippen MR) is 140 cm³/mol. The highest BCUT2D eigenvalue weighted by Gasteiger charge is 2.12. The molecule has 0 spiro atoms. The third-order valence-corrected chi connectivity index (χ3v) is 6.03. The van der Waals surface area contributed by atoms with Crippen LogP contribution in [0.15, 0.2) is 75.8 Å². The van der Waals surface area contributed by atoms with Gasteiger partial charge < -0.3 is 15.2 Å². The minimum atomic E-state index is -0.625. The fraction of sp³-hybridized carbons (Fsp3) is 0.0385. The van der Waals surface area contributed by atoms with Crippen molar-refractivity contribution in [1.82, 2.24) is 10.2 Å². The third-order valence-electron chi connectivity index (χ3n) is 5.04. The molecule has 5 nitrogen and oxygen atoms in total. The van der Waals surface area contributed by atoms with Gasteiger partial charge in [0.1, 0.15) is 0 Å². The summed E-state index contributed by atoms with van der Waals surface area (Å²) in [7, 11) is 0. The average Bonchev–Trinajstić information content (AvgIpc) is 3.28. The smallest absolute Gasteiger partial charge is 0.167 e. The molecule has 0 aliphatic rings. The van der Waals surface area contributed by atoms with Crippen LogP contribution in [0.2, 0.25) is 0 Å². The third kappa shape index (κ3) is 6.41. The Morgan fingerprint density at radius 3 is 1.78 bits per heavy atom. The van der Waals surface area contributed by atoms with Crippen LogP contribution >= 0.6 is 31.9 Å². The van der Waals surface area contributed by atoms with E-state index in [1.54, 1.807) is 25.3 Å². The Morgan fingerprint density at radius 2 is 1.22 bits per heavy atom. The first-order valence-corrected chi connectivity index (χ1v) is 12.1. The Balaban J connectivity index is 0.000000173. The highest BCUT2D eigenvalue weighted by atomic mass is 79.9. The number of fused-ring (bicyclic) bond motifs is 1. The number of aromatic nitrogens is 2. The summed E-state index contributed by atoms with van der Waals surface area (Å²) in [6.45, 7) is 1.72. The van der Waals surface area contributed by atoms with Gasteiger partial charge in [0.25, 0.3) is 0 Å². The van der Waals surface area contributed by atoms with E-state index in [2.05, 4.69) is 42.1 Å². The number of halogens is 6. The van der Waals surface area contributed by atoms with E-state index in [0.29, 0.717) is 31.1 Å². The van der Waals surface area contributed by atoms with E-state index in [0.717, 1.165) is 6.07 Å². The number of nitrogen functional groups attached to an aromatic ring is 1. The molecule has 0 radical (unpaired) electrons. The maximum Gasteiger partial charge on any atom is 0.167 e. The fourth-order valence-corrected chi connectivity index (χ4v) is 3.79. The minimum absolute atomic E-state index is 0.0371.